The van der Waals surface area contributed by atoms with Gasteiger partial charge in [0, 0.05) is 15.6 Å². The Morgan fingerprint density at radius 1 is 1.47 bits per heavy atom. The lowest BCUT2D eigenvalue weighted by atomic mass is 10.2. The quantitative estimate of drug-likeness (QED) is 0.757. The molecule has 4 heteroatoms. The molecule has 3 nitrogen and oxygen atoms in total. The number of halogens is 1. The molecule has 1 aliphatic rings. The van der Waals surface area contributed by atoms with Crippen LogP contribution < -0.4 is 0 Å². The maximum Gasteiger partial charge on any atom is 0.0781 e. The highest BCUT2D eigenvalue weighted by Gasteiger charge is 2.19. The average Bonchev–Trinajstić information content (AvgIpc) is 2.83. The van der Waals surface area contributed by atoms with Gasteiger partial charge in [-0.05, 0) is 41.1 Å². The minimum Gasteiger partial charge on any atom is -0.379 e. The van der Waals surface area contributed by atoms with Crippen LogP contribution in [0.25, 0.3) is 10.9 Å². The van der Waals surface area contributed by atoms with Crippen molar-refractivity contribution in [3.05, 3.63) is 28.0 Å². The van der Waals surface area contributed by atoms with Crippen molar-refractivity contribution in [1.29, 1.82) is 0 Å². The fourth-order valence-corrected chi connectivity index (χ4v) is 2.49. The highest BCUT2D eigenvalue weighted by atomic mass is 127. The van der Waals surface area contributed by atoms with E-state index in [9.17, 15) is 0 Å². The number of fused-ring (bicyclic) bond motifs is 1. The molecule has 1 unspecified atom stereocenters. The van der Waals surface area contributed by atoms with Gasteiger partial charge in [0.15, 0.2) is 0 Å². The van der Waals surface area contributed by atoms with Crippen LogP contribution in [0.15, 0.2) is 24.4 Å². The highest BCUT2D eigenvalue weighted by Crippen LogP contribution is 2.24. The van der Waals surface area contributed by atoms with Gasteiger partial charge in [0.2, 0.25) is 0 Å². The van der Waals surface area contributed by atoms with E-state index in [1.807, 2.05) is 6.20 Å². The first-order valence-corrected chi connectivity index (χ1v) is 6.13. The zero-order chi connectivity index (χ0) is 10.3. The second-order valence-electron chi connectivity index (χ2n) is 3.81. The molecule has 3 rings (SSSR count). The summed E-state index contributed by atoms with van der Waals surface area (Å²) in [5.74, 6) is 0. The Morgan fingerprint density at radius 2 is 2.40 bits per heavy atom. The third-order valence-corrected chi connectivity index (χ3v) is 3.48. The normalized spacial score (nSPS) is 21.3. The molecule has 2 heterocycles. The Kier molecular flexibility index (Phi) is 2.40. The molecule has 0 bridgehead atoms. The molecular formula is C11H11IN2O. The molecule has 0 aliphatic carbocycles. The number of ether oxygens (including phenoxy) is 1. The van der Waals surface area contributed by atoms with E-state index in [1.165, 1.54) is 14.5 Å². The van der Waals surface area contributed by atoms with E-state index in [4.69, 9.17) is 4.74 Å². The van der Waals surface area contributed by atoms with Gasteiger partial charge in [-0.25, -0.2) is 0 Å². The van der Waals surface area contributed by atoms with Crippen LogP contribution in [-0.4, -0.2) is 23.0 Å². The topological polar surface area (TPSA) is 27.1 Å². The van der Waals surface area contributed by atoms with E-state index in [0.717, 1.165) is 19.6 Å². The van der Waals surface area contributed by atoms with Crippen LogP contribution in [0.2, 0.25) is 0 Å². The van der Waals surface area contributed by atoms with Crippen molar-refractivity contribution in [2.45, 2.75) is 12.5 Å². The SMILES string of the molecule is Ic1ccc2cnn(C3CCOC3)c2c1. The molecule has 1 aliphatic heterocycles. The molecule has 0 radical (unpaired) electrons. The lowest BCUT2D eigenvalue weighted by Gasteiger charge is -2.09. The molecule has 2 aromatic rings. The summed E-state index contributed by atoms with van der Waals surface area (Å²) in [4.78, 5) is 0. The van der Waals surface area contributed by atoms with E-state index in [0.29, 0.717) is 6.04 Å². The maximum absolute atomic E-state index is 5.40. The zero-order valence-electron chi connectivity index (χ0n) is 8.19. The summed E-state index contributed by atoms with van der Waals surface area (Å²) in [6.07, 6.45) is 3.01. The summed E-state index contributed by atoms with van der Waals surface area (Å²) in [6.45, 7) is 1.65. The lowest BCUT2D eigenvalue weighted by molar-refractivity contribution is 0.185. The fraction of sp³-hybridized carbons (Fsp3) is 0.364. The zero-order valence-corrected chi connectivity index (χ0v) is 10.3. The van der Waals surface area contributed by atoms with Gasteiger partial charge < -0.3 is 4.74 Å². The molecule has 1 saturated heterocycles. The number of aromatic nitrogens is 2. The monoisotopic (exact) mass is 314 g/mol. The molecule has 0 N–H and O–H groups in total. The molecule has 1 atom stereocenters. The number of hydrogen-bond donors (Lipinski definition) is 0. The van der Waals surface area contributed by atoms with Gasteiger partial charge in [-0.2, -0.15) is 5.10 Å². The van der Waals surface area contributed by atoms with Gasteiger partial charge >= 0.3 is 0 Å². The predicted octanol–water partition coefficient (Wildman–Crippen LogP) is 2.60. The second kappa shape index (κ2) is 3.75. The Morgan fingerprint density at radius 3 is 3.20 bits per heavy atom. The van der Waals surface area contributed by atoms with Gasteiger partial charge in [-0.1, -0.05) is 6.07 Å². The van der Waals surface area contributed by atoms with Crippen LogP contribution in [0.4, 0.5) is 0 Å². The number of hydrogen-bond acceptors (Lipinski definition) is 2. The molecule has 1 aromatic carbocycles. The first kappa shape index (κ1) is 9.59. The van der Waals surface area contributed by atoms with Crippen molar-refractivity contribution in [3.8, 4) is 0 Å². The van der Waals surface area contributed by atoms with Crippen molar-refractivity contribution in [2.75, 3.05) is 13.2 Å². The van der Waals surface area contributed by atoms with Crippen LogP contribution in [0.1, 0.15) is 12.5 Å². The summed E-state index contributed by atoms with van der Waals surface area (Å²) in [6, 6.07) is 6.83. The van der Waals surface area contributed by atoms with E-state index in [-0.39, 0.29) is 0 Å². The Bertz CT molecular complexity index is 488. The van der Waals surface area contributed by atoms with Crippen LogP contribution in [0, 0.1) is 3.57 Å². The smallest absolute Gasteiger partial charge is 0.0781 e. The minimum atomic E-state index is 0.417. The highest BCUT2D eigenvalue weighted by molar-refractivity contribution is 14.1. The molecule has 0 spiro atoms. The summed E-state index contributed by atoms with van der Waals surface area (Å²) in [5, 5.41) is 5.66. The van der Waals surface area contributed by atoms with Crippen molar-refractivity contribution in [2.24, 2.45) is 0 Å². The van der Waals surface area contributed by atoms with E-state index in [1.54, 1.807) is 0 Å². The average molecular weight is 314 g/mol. The molecule has 1 fully saturated rings. The van der Waals surface area contributed by atoms with Gasteiger partial charge in [-0.15, -0.1) is 0 Å². The molecule has 0 saturated carbocycles. The standard InChI is InChI=1S/C11H11IN2O/c12-9-2-1-8-6-13-14(11(8)5-9)10-3-4-15-7-10/h1-2,5-6,10H,3-4,7H2. The summed E-state index contributed by atoms with van der Waals surface area (Å²) in [5.41, 5.74) is 1.22. The maximum atomic E-state index is 5.40. The molecule has 1 aromatic heterocycles. The third kappa shape index (κ3) is 1.65. The van der Waals surface area contributed by atoms with Crippen LogP contribution in [0.3, 0.4) is 0 Å². The minimum absolute atomic E-state index is 0.417. The van der Waals surface area contributed by atoms with E-state index < -0.39 is 0 Å². The molecular weight excluding hydrogens is 303 g/mol. The van der Waals surface area contributed by atoms with Gasteiger partial charge in [-0.3, -0.25) is 4.68 Å². The predicted molar refractivity (Wildman–Crippen MR) is 66.9 cm³/mol. The van der Waals surface area contributed by atoms with Crippen molar-refractivity contribution in [1.82, 2.24) is 9.78 Å². The van der Waals surface area contributed by atoms with E-state index in [2.05, 4.69) is 50.6 Å². The van der Waals surface area contributed by atoms with Gasteiger partial charge in [0.1, 0.15) is 0 Å². The molecule has 78 valence electrons. The summed E-state index contributed by atoms with van der Waals surface area (Å²) < 4.78 is 8.75. The molecule has 0 amide bonds. The van der Waals surface area contributed by atoms with Crippen LogP contribution >= 0.6 is 22.6 Å². The van der Waals surface area contributed by atoms with Crippen LogP contribution in [-0.2, 0) is 4.74 Å². The largest absolute Gasteiger partial charge is 0.379 e. The third-order valence-electron chi connectivity index (χ3n) is 2.81. The first-order valence-electron chi connectivity index (χ1n) is 5.05. The van der Waals surface area contributed by atoms with Gasteiger partial charge in [0.05, 0.1) is 24.4 Å². The summed E-state index contributed by atoms with van der Waals surface area (Å²) in [7, 11) is 0. The van der Waals surface area contributed by atoms with Gasteiger partial charge in [0.25, 0.3) is 0 Å². The Hall–Kier alpha value is -0.620. The van der Waals surface area contributed by atoms with E-state index >= 15 is 0 Å². The fourth-order valence-electron chi connectivity index (χ4n) is 2.02. The Labute approximate surface area is 102 Å². The van der Waals surface area contributed by atoms with Crippen molar-refractivity contribution >= 4 is 33.5 Å². The van der Waals surface area contributed by atoms with Crippen molar-refractivity contribution in [3.63, 3.8) is 0 Å². The molecule has 15 heavy (non-hydrogen) atoms. The Balaban J connectivity index is 2.13. The lowest BCUT2D eigenvalue weighted by Crippen LogP contribution is -2.09. The summed E-state index contributed by atoms with van der Waals surface area (Å²) >= 11 is 2.33. The van der Waals surface area contributed by atoms with Crippen LogP contribution in [0.5, 0.6) is 0 Å². The first-order chi connectivity index (χ1) is 7.34. The second-order valence-corrected chi connectivity index (χ2v) is 5.06. The number of nitrogens with zero attached hydrogens (tertiary/aromatic N) is 2. The number of rotatable bonds is 1. The van der Waals surface area contributed by atoms with Crippen molar-refractivity contribution < 1.29 is 4.74 Å². The number of benzene rings is 1.